The standard InChI is InChI=1S/C15H21NO2S/c1-3-18-15(17)12(2)11-13-7-8-14(19-13)16-9-5-4-6-10-16/h7-8,11H,3-6,9-10H2,1-2H3/b12-11+. The lowest BCUT2D eigenvalue weighted by Gasteiger charge is -2.27. The zero-order valence-electron chi connectivity index (χ0n) is 11.6. The second kappa shape index (κ2) is 6.75. The summed E-state index contributed by atoms with van der Waals surface area (Å²) in [5, 5.41) is 1.31. The van der Waals surface area contributed by atoms with Crippen LogP contribution in [0.5, 0.6) is 0 Å². The van der Waals surface area contributed by atoms with Crippen LogP contribution in [0.25, 0.3) is 6.08 Å². The maximum Gasteiger partial charge on any atom is 0.333 e. The summed E-state index contributed by atoms with van der Waals surface area (Å²) in [5.41, 5.74) is 0.661. The van der Waals surface area contributed by atoms with Crippen LogP contribution >= 0.6 is 11.3 Å². The number of ether oxygens (including phenoxy) is 1. The van der Waals surface area contributed by atoms with Crippen LogP contribution in [-0.2, 0) is 9.53 Å². The topological polar surface area (TPSA) is 29.5 Å². The van der Waals surface area contributed by atoms with Crippen LogP contribution in [0.1, 0.15) is 38.0 Å². The van der Waals surface area contributed by atoms with E-state index in [1.54, 1.807) is 18.3 Å². The Kier molecular flexibility index (Phi) is 5.02. The number of anilines is 1. The molecular formula is C15H21NO2S. The van der Waals surface area contributed by atoms with E-state index in [-0.39, 0.29) is 5.97 Å². The van der Waals surface area contributed by atoms with E-state index >= 15 is 0 Å². The first-order valence-corrected chi connectivity index (χ1v) is 7.72. The maximum absolute atomic E-state index is 11.6. The van der Waals surface area contributed by atoms with Crippen molar-refractivity contribution in [2.24, 2.45) is 0 Å². The van der Waals surface area contributed by atoms with Crippen molar-refractivity contribution in [2.45, 2.75) is 33.1 Å². The molecule has 0 saturated carbocycles. The summed E-state index contributed by atoms with van der Waals surface area (Å²) in [6, 6.07) is 4.23. The molecule has 1 saturated heterocycles. The molecule has 1 aromatic heterocycles. The molecule has 1 fully saturated rings. The third-order valence-electron chi connectivity index (χ3n) is 3.24. The number of hydrogen-bond acceptors (Lipinski definition) is 4. The van der Waals surface area contributed by atoms with Gasteiger partial charge in [0.05, 0.1) is 11.6 Å². The van der Waals surface area contributed by atoms with E-state index < -0.39 is 0 Å². The molecule has 104 valence electrons. The Morgan fingerprint density at radius 1 is 1.37 bits per heavy atom. The maximum atomic E-state index is 11.6. The second-order valence-corrected chi connectivity index (χ2v) is 5.87. The van der Waals surface area contributed by atoms with E-state index in [1.165, 1.54) is 24.3 Å². The zero-order valence-corrected chi connectivity index (χ0v) is 12.5. The Balaban J connectivity index is 2.04. The average molecular weight is 279 g/mol. The average Bonchev–Trinajstić information content (AvgIpc) is 2.88. The highest BCUT2D eigenvalue weighted by Gasteiger charge is 2.13. The Morgan fingerprint density at radius 2 is 2.11 bits per heavy atom. The molecule has 2 heterocycles. The molecule has 0 N–H and O–H groups in total. The van der Waals surface area contributed by atoms with Gasteiger partial charge in [0.1, 0.15) is 0 Å². The first kappa shape index (κ1) is 14.1. The highest BCUT2D eigenvalue weighted by atomic mass is 32.1. The highest BCUT2D eigenvalue weighted by molar-refractivity contribution is 7.16. The van der Waals surface area contributed by atoms with Crippen molar-refractivity contribution < 1.29 is 9.53 Å². The van der Waals surface area contributed by atoms with Crippen LogP contribution in [0.15, 0.2) is 17.7 Å². The van der Waals surface area contributed by atoms with Gasteiger partial charge in [-0.3, -0.25) is 0 Å². The molecule has 4 heteroatoms. The molecule has 0 unspecified atom stereocenters. The molecular weight excluding hydrogens is 258 g/mol. The molecule has 0 amide bonds. The fraction of sp³-hybridized carbons (Fsp3) is 0.533. The van der Waals surface area contributed by atoms with Crippen LogP contribution in [0, 0.1) is 0 Å². The van der Waals surface area contributed by atoms with E-state index in [2.05, 4.69) is 17.0 Å². The van der Waals surface area contributed by atoms with E-state index in [9.17, 15) is 4.79 Å². The van der Waals surface area contributed by atoms with Crippen LogP contribution in [0.2, 0.25) is 0 Å². The second-order valence-electron chi connectivity index (χ2n) is 4.77. The third kappa shape index (κ3) is 3.83. The number of hydrogen-bond donors (Lipinski definition) is 0. The third-order valence-corrected chi connectivity index (χ3v) is 4.33. The van der Waals surface area contributed by atoms with Gasteiger partial charge in [0.2, 0.25) is 0 Å². The van der Waals surface area contributed by atoms with Crippen LogP contribution < -0.4 is 4.90 Å². The number of piperidine rings is 1. The van der Waals surface area contributed by atoms with Crippen molar-refractivity contribution in [3.63, 3.8) is 0 Å². The lowest BCUT2D eigenvalue weighted by atomic mass is 10.1. The molecule has 2 rings (SSSR count). The normalized spacial score (nSPS) is 16.5. The van der Waals surface area contributed by atoms with E-state index in [1.807, 2.05) is 13.0 Å². The van der Waals surface area contributed by atoms with E-state index in [4.69, 9.17) is 4.74 Å². The monoisotopic (exact) mass is 279 g/mol. The van der Waals surface area contributed by atoms with Gasteiger partial charge < -0.3 is 9.64 Å². The number of rotatable bonds is 4. The summed E-state index contributed by atoms with van der Waals surface area (Å²) in [7, 11) is 0. The Labute approximate surface area is 118 Å². The van der Waals surface area contributed by atoms with Gasteiger partial charge in [0.25, 0.3) is 0 Å². The van der Waals surface area contributed by atoms with Crippen molar-refractivity contribution >= 4 is 28.4 Å². The molecule has 0 radical (unpaired) electrons. The van der Waals surface area contributed by atoms with Gasteiger partial charge in [-0.2, -0.15) is 0 Å². The Bertz CT molecular complexity index is 458. The van der Waals surface area contributed by atoms with Crippen molar-refractivity contribution in [1.29, 1.82) is 0 Å². The largest absolute Gasteiger partial charge is 0.463 e. The fourth-order valence-electron chi connectivity index (χ4n) is 2.22. The predicted molar refractivity (Wildman–Crippen MR) is 80.7 cm³/mol. The minimum Gasteiger partial charge on any atom is -0.463 e. The van der Waals surface area contributed by atoms with Gasteiger partial charge in [-0.15, -0.1) is 11.3 Å². The summed E-state index contributed by atoms with van der Waals surface area (Å²) in [6.07, 6.45) is 5.82. The number of thiophene rings is 1. The lowest BCUT2D eigenvalue weighted by molar-refractivity contribution is -0.138. The van der Waals surface area contributed by atoms with Crippen molar-refractivity contribution in [3.05, 3.63) is 22.6 Å². The van der Waals surface area contributed by atoms with Crippen molar-refractivity contribution in [1.82, 2.24) is 0 Å². The summed E-state index contributed by atoms with van der Waals surface area (Å²) in [6.45, 7) is 6.36. The smallest absolute Gasteiger partial charge is 0.333 e. The molecule has 0 aliphatic carbocycles. The highest BCUT2D eigenvalue weighted by Crippen LogP contribution is 2.29. The zero-order chi connectivity index (χ0) is 13.7. The summed E-state index contributed by atoms with van der Waals surface area (Å²) in [5.74, 6) is -0.226. The number of carbonyl (C=O) groups excluding carboxylic acids is 1. The molecule has 1 aromatic rings. The predicted octanol–water partition coefficient (Wildman–Crippen LogP) is 3.70. The summed E-state index contributed by atoms with van der Waals surface area (Å²) < 4.78 is 4.99. The Hall–Kier alpha value is -1.29. The van der Waals surface area contributed by atoms with Gasteiger partial charge in [-0.1, -0.05) is 0 Å². The van der Waals surface area contributed by atoms with E-state index in [0.29, 0.717) is 12.2 Å². The molecule has 1 aliphatic heterocycles. The molecule has 19 heavy (non-hydrogen) atoms. The first-order valence-electron chi connectivity index (χ1n) is 6.91. The summed E-state index contributed by atoms with van der Waals surface area (Å²) >= 11 is 1.74. The number of nitrogens with zero attached hydrogens (tertiary/aromatic N) is 1. The lowest BCUT2D eigenvalue weighted by Crippen LogP contribution is -2.28. The minimum absolute atomic E-state index is 0.226. The van der Waals surface area contributed by atoms with Gasteiger partial charge >= 0.3 is 5.97 Å². The van der Waals surface area contributed by atoms with Crippen LogP contribution in [0.4, 0.5) is 5.00 Å². The molecule has 3 nitrogen and oxygen atoms in total. The van der Waals surface area contributed by atoms with E-state index in [0.717, 1.165) is 18.0 Å². The minimum atomic E-state index is -0.226. The van der Waals surface area contributed by atoms with Gasteiger partial charge in [-0.05, 0) is 51.3 Å². The number of carbonyl (C=O) groups is 1. The quantitative estimate of drug-likeness (QED) is 0.621. The molecule has 0 aromatic carbocycles. The van der Waals surface area contributed by atoms with Gasteiger partial charge in [0, 0.05) is 23.5 Å². The van der Waals surface area contributed by atoms with Crippen molar-refractivity contribution in [2.75, 3.05) is 24.6 Å². The summed E-state index contributed by atoms with van der Waals surface area (Å²) in [4.78, 5) is 15.1. The van der Waals surface area contributed by atoms with Crippen LogP contribution in [-0.4, -0.2) is 25.7 Å². The Morgan fingerprint density at radius 3 is 2.79 bits per heavy atom. The van der Waals surface area contributed by atoms with Gasteiger partial charge in [-0.25, -0.2) is 4.79 Å². The molecule has 0 bridgehead atoms. The van der Waals surface area contributed by atoms with Crippen molar-refractivity contribution in [3.8, 4) is 0 Å². The molecule has 0 spiro atoms. The fourth-order valence-corrected chi connectivity index (χ4v) is 3.28. The number of esters is 1. The van der Waals surface area contributed by atoms with Gasteiger partial charge in [0.15, 0.2) is 0 Å². The first-order chi connectivity index (χ1) is 9.20. The SMILES string of the molecule is CCOC(=O)/C(C)=C/c1ccc(N2CCCCC2)s1. The molecule has 0 atom stereocenters. The van der Waals surface area contributed by atoms with Crippen LogP contribution in [0.3, 0.4) is 0 Å². The molecule has 1 aliphatic rings.